The highest BCUT2D eigenvalue weighted by Gasteiger charge is 2.37. The number of aryl methyl sites for hydroxylation is 1. The van der Waals surface area contributed by atoms with Crippen molar-refractivity contribution in [2.45, 2.75) is 45.8 Å². The molecule has 1 aliphatic carbocycles. The second kappa shape index (κ2) is 6.12. The van der Waals surface area contributed by atoms with Crippen molar-refractivity contribution in [3.05, 3.63) is 23.2 Å². The number of morpholine rings is 1. The summed E-state index contributed by atoms with van der Waals surface area (Å²) in [5, 5.41) is 3.09. The van der Waals surface area contributed by atoms with Gasteiger partial charge in [-0.2, -0.15) is 0 Å². The highest BCUT2D eigenvalue weighted by molar-refractivity contribution is 5.81. The van der Waals surface area contributed by atoms with E-state index in [9.17, 15) is 9.59 Å². The van der Waals surface area contributed by atoms with Gasteiger partial charge < -0.3 is 25.1 Å². The molecule has 3 amide bonds. The smallest absolute Gasteiger partial charge is 0.318 e. The zero-order chi connectivity index (χ0) is 17.5. The highest BCUT2D eigenvalue weighted by Crippen LogP contribution is 2.42. The van der Waals surface area contributed by atoms with E-state index in [1.807, 2.05) is 13.0 Å². The molecule has 1 aliphatic heterocycles. The van der Waals surface area contributed by atoms with Crippen LogP contribution in [-0.2, 0) is 16.0 Å². The van der Waals surface area contributed by atoms with Gasteiger partial charge in [-0.3, -0.25) is 4.79 Å². The number of furan rings is 1. The van der Waals surface area contributed by atoms with Crippen LogP contribution in [-0.4, -0.2) is 42.6 Å². The van der Waals surface area contributed by atoms with Crippen molar-refractivity contribution in [3.63, 3.8) is 0 Å². The summed E-state index contributed by atoms with van der Waals surface area (Å²) >= 11 is 0. The number of nitrogens with two attached hydrogens (primary N) is 1. The number of nitrogens with zero attached hydrogens (tertiary/aromatic N) is 1. The largest absolute Gasteiger partial charge is 0.466 e. The van der Waals surface area contributed by atoms with Crippen molar-refractivity contribution in [3.8, 4) is 0 Å². The van der Waals surface area contributed by atoms with Gasteiger partial charge in [0.05, 0.1) is 19.2 Å². The van der Waals surface area contributed by atoms with Crippen LogP contribution in [0.2, 0.25) is 0 Å². The first-order valence-electron chi connectivity index (χ1n) is 8.31. The SMILES string of the molecule is Cc1cc2c(o1)CC(C)(C)C[C@@H]2NC(=O)N1CCO[C@@H](C(N)=O)C1. The van der Waals surface area contributed by atoms with Crippen molar-refractivity contribution in [2.24, 2.45) is 11.1 Å². The van der Waals surface area contributed by atoms with E-state index >= 15 is 0 Å². The topological polar surface area (TPSA) is 97.8 Å². The summed E-state index contributed by atoms with van der Waals surface area (Å²) in [6, 6.07) is 1.71. The Morgan fingerprint density at radius 1 is 1.42 bits per heavy atom. The number of hydrogen-bond acceptors (Lipinski definition) is 4. The maximum atomic E-state index is 12.6. The summed E-state index contributed by atoms with van der Waals surface area (Å²) in [7, 11) is 0. The zero-order valence-corrected chi connectivity index (χ0v) is 14.4. The normalized spacial score (nSPS) is 25.9. The summed E-state index contributed by atoms with van der Waals surface area (Å²) in [5.74, 6) is 1.27. The van der Waals surface area contributed by atoms with E-state index in [4.69, 9.17) is 14.9 Å². The molecule has 1 aromatic rings. The maximum absolute atomic E-state index is 12.6. The van der Waals surface area contributed by atoms with Crippen molar-refractivity contribution in [1.29, 1.82) is 0 Å². The number of urea groups is 1. The summed E-state index contributed by atoms with van der Waals surface area (Å²) in [6.45, 7) is 7.21. The van der Waals surface area contributed by atoms with E-state index < -0.39 is 12.0 Å². The molecule has 3 rings (SSSR count). The van der Waals surface area contributed by atoms with Gasteiger partial charge in [-0.05, 0) is 24.8 Å². The Bertz CT molecular complexity index is 652. The van der Waals surface area contributed by atoms with Crippen molar-refractivity contribution < 1.29 is 18.7 Å². The molecular formula is C17H25N3O4. The van der Waals surface area contributed by atoms with Crippen LogP contribution < -0.4 is 11.1 Å². The molecule has 1 saturated heterocycles. The first-order valence-corrected chi connectivity index (χ1v) is 8.31. The monoisotopic (exact) mass is 335 g/mol. The lowest BCUT2D eigenvalue weighted by Gasteiger charge is -2.37. The quantitative estimate of drug-likeness (QED) is 0.855. The molecule has 2 aliphatic rings. The van der Waals surface area contributed by atoms with Crippen LogP contribution in [0.15, 0.2) is 10.5 Å². The lowest BCUT2D eigenvalue weighted by molar-refractivity contribution is -0.133. The third-order valence-electron chi connectivity index (χ3n) is 4.70. The molecule has 7 nitrogen and oxygen atoms in total. The Labute approximate surface area is 141 Å². The molecule has 24 heavy (non-hydrogen) atoms. The van der Waals surface area contributed by atoms with Crippen LogP contribution in [0.25, 0.3) is 0 Å². The van der Waals surface area contributed by atoms with Crippen LogP contribution in [0.3, 0.4) is 0 Å². The first kappa shape index (κ1) is 16.8. The van der Waals surface area contributed by atoms with Gasteiger partial charge in [0.2, 0.25) is 5.91 Å². The van der Waals surface area contributed by atoms with E-state index in [1.54, 1.807) is 4.90 Å². The molecule has 0 aromatic carbocycles. The first-order chi connectivity index (χ1) is 11.2. The molecule has 7 heteroatoms. The number of carbonyl (C=O) groups excluding carboxylic acids is 2. The summed E-state index contributed by atoms with van der Waals surface area (Å²) in [6.07, 6.45) is 0.969. The summed E-state index contributed by atoms with van der Waals surface area (Å²) < 4.78 is 11.1. The second-order valence-electron chi connectivity index (χ2n) is 7.49. The minimum absolute atomic E-state index is 0.0516. The number of primary amides is 1. The Morgan fingerprint density at radius 2 is 2.17 bits per heavy atom. The van der Waals surface area contributed by atoms with Crippen molar-refractivity contribution in [1.82, 2.24) is 10.2 Å². The third-order valence-corrected chi connectivity index (χ3v) is 4.70. The van der Waals surface area contributed by atoms with Crippen LogP contribution in [0, 0.1) is 12.3 Å². The molecule has 0 spiro atoms. The number of nitrogens with one attached hydrogen (secondary N) is 1. The predicted octanol–water partition coefficient (Wildman–Crippen LogP) is 1.50. The number of rotatable bonds is 2. The Hall–Kier alpha value is -2.02. The van der Waals surface area contributed by atoms with E-state index in [0.29, 0.717) is 13.2 Å². The van der Waals surface area contributed by atoms with Gasteiger partial charge in [-0.15, -0.1) is 0 Å². The highest BCUT2D eigenvalue weighted by atomic mass is 16.5. The molecule has 132 valence electrons. The van der Waals surface area contributed by atoms with Crippen molar-refractivity contribution >= 4 is 11.9 Å². The molecule has 2 heterocycles. The molecule has 1 aromatic heterocycles. The van der Waals surface area contributed by atoms with Crippen LogP contribution in [0.4, 0.5) is 4.79 Å². The number of amides is 3. The van der Waals surface area contributed by atoms with Crippen LogP contribution in [0.5, 0.6) is 0 Å². The van der Waals surface area contributed by atoms with Crippen LogP contribution >= 0.6 is 0 Å². The second-order valence-corrected chi connectivity index (χ2v) is 7.49. The van der Waals surface area contributed by atoms with Crippen LogP contribution in [0.1, 0.15) is 43.4 Å². The average molecular weight is 335 g/mol. The molecule has 0 saturated carbocycles. The molecule has 1 fully saturated rings. The molecule has 0 unspecified atom stereocenters. The summed E-state index contributed by atoms with van der Waals surface area (Å²) in [4.78, 5) is 25.5. The van der Waals surface area contributed by atoms with Gasteiger partial charge in [-0.25, -0.2) is 4.79 Å². The molecular weight excluding hydrogens is 310 g/mol. The number of hydrogen-bond donors (Lipinski definition) is 2. The molecule has 0 bridgehead atoms. The van der Waals surface area contributed by atoms with Gasteiger partial charge in [0.1, 0.15) is 11.5 Å². The molecule has 0 radical (unpaired) electrons. The van der Waals surface area contributed by atoms with Gasteiger partial charge >= 0.3 is 6.03 Å². The van der Waals surface area contributed by atoms with Gasteiger partial charge in [0.15, 0.2) is 6.10 Å². The Balaban J connectivity index is 1.73. The van der Waals surface area contributed by atoms with E-state index in [2.05, 4.69) is 19.2 Å². The fraction of sp³-hybridized carbons (Fsp3) is 0.647. The molecule has 2 atom stereocenters. The molecule has 3 N–H and O–H groups in total. The number of fused-ring (bicyclic) bond motifs is 1. The lowest BCUT2D eigenvalue weighted by Crippen LogP contribution is -2.54. The maximum Gasteiger partial charge on any atom is 0.318 e. The minimum atomic E-state index is -0.737. The van der Waals surface area contributed by atoms with Gasteiger partial charge in [-0.1, -0.05) is 13.8 Å². The lowest BCUT2D eigenvalue weighted by atomic mass is 9.75. The van der Waals surface area contributed by atoms with E-state index in [-0.39, 0.29) is 24.0 Å². The van der Waals surface area contributed by atoms with Crippen molar-refractivity contribution in [2.75, 3.05) is 19.7 Å². The van der Waals surface area contributed by atoms with E-state index in [0.717, 1.165) is 29.9 Å². The fourth-order valence-electron chi connectivity index (χ4n) is 3.56. The average Bonchev–Trinajstić information content (AvgIpc) is 2.86. The Morgan fingerprint density at radius 3 is 2.88 bits per heavy atom. The van der Waals surface area contributed by atoms with Gasteiger partial charge in [0, 0.05) is 18.5 Å². The number of ether oxygens (including phenoxy) is 1. The fourth-order valence-corrected chi connectivity index (χ4v) is 3.56. The van der Waals surface area contributed by atoms with E-state index in [1.165, 1.54) is 0 Å². The van der Waals surface area contributed by atoms with Gasteiger partial charge in [0.25, 0.3) is 0 Å². The predicted molar refractivity (Wildman–Crippen MR) is 87.3 cm³/mol. The number of carbonyl (C=O) groups is 2. The standard InChI is InChI=1S/C17H25N3O4/c1-10-6-11-12(7-17(2,3)8-13(11)24-10)19-16(22)20-4-5-23-14(9-20)15(18)21/h6,12,14H,4-5,7-9H2,1-3H3,(H2,18,21)(H,19,22)/t12-,14+/m0/s1. The Kier molecular flexibility index (Phi) is 4.29. The zero-order valence-electron chi connectivity index (χ0n) is 14.4. The third kappa shape index (κ3) is 3.40. The minimum Gasteiger partial charge on any atom is -0.466 e. The summed E-state index contributed by atoms with van der Waals surface area (Å²) in [5.41, 5.74) is 6.39.